The second kappa shape index (κ2) is 3.54. The van der Waals surface area contributed by atoms with E-state index in [2.05, 4.69) is 49.0 Å². The number of aromatic nitrogens is 1. The van der Waals surface area contributed by atoms with E-state index in [1.54, 1.807) is 0 Å². The summed E-state index contributed by atoms with van der Waals surface area (Å²) in [6, 6.07) is 2.15. The van der Waals surface area contributed by atoms with Gasteiger partial charge in [-0.2, -0.15) is 0 Å². The molecule has 0 radical (unpaired) electrons. The van der Waals surface area contributed by atoms with Gasteiger partial charge in [0, 0.05) is 17.1 Å². The van der Waals surface area contributed by atoms with E-state index in [1.807, 2.05) is 6.92 Å². The van der Waals surface area contributed by atoms with Gasteiger partial charge in [0.2, 0.25) is 0 Å². The molecule has 1 aliphatic heterocycles. The van der Waals surface area contributed by atoms with Gasteiger partial charge in [-0.25, -0.2) is 0 Å². The third-order valence-corrected chi connectivity index (χ3v) is 2.71. The zero-order valence-corrected chi connectivity index (χ0v) is 9.68. The average molecular weight is 200 g/mol. The molecule has 2 heterocycles. The lowest BCUT2D eigenvalue weighted by molar-refractivity contribution is 1.21. The Labute approximate surface area is 90.4 Å². The fourth-order valence-electron chi connectivity index (χ4n) is 1.76. The number of aryl methyl sites for hydroxylation is 2. The van der Waals surface area contributed by atoms with Gasteiger partial charge < -0.3 is 4.98 Å². The minimum absolute atomic E-state index is 1.06. The lowest BCUT2D eigenvalue weighted by Crippen LogP contribution is -1.78. The standard InChI is InChI=1S/C13H16N2/c1-8-6-12(15-11(8)4)7-13-9(2)5-10(3)14-13/h5-7,15H,1-4H3/b13-7-. The van der Waals surface area contributed by atoms with Gasteiger partial charge in [0.05, 0.1) is 5.70 Å². The Kier molecular flexibility index (Phi) is 2.35. The summed E-state index contributed by atoms with van der Waals surface area (Å²) >= 11 is 0. The number of rotatable bonds is 1. The Morgan fingerprint density at radius 1 is 1.20 bits per heavy atom. The quantitative estimate of drug-likeness (QED) is 0.719. The highest BCUT2D eigenvalue weighted by atomic mass is 14.8. The predicted octanol–water partition coefficient (Wildman–Crippen LogP) is 3.39. The number of allylic oxidation sites excluding steroid dienone is 2. The lowest BCUT2D eigenvalue weighted by atomic mass is 10.2. The molecule has 0 amide bonds. The SMILES string of the molecule is CC1=CC(C)=N/C1=C\c1cc(C)c(C)[nH]1. The van der Waals surface area contributed by atoms with E-state index in [1.165, 1.54) is 16.8 Å². The molecule has 0 unspecified atom stereocenters. The first-order chi connectivity index (χ1) is 7.06. The van der Waals surface area contributed by atoms with E-state index in [0.717, 1.165) is 17.1 Å². The highest BCUT2D eigenvalue weighted by Crippen LogP contribution is 2.21. The van der Waals surface area contributed by atoms with Crippen molar-refractivity contribution in [1.82, 2.24) is 4.98 Å². The molecule has 2 heteroatoms. The molecular weight excluding hydrogens is 184 g/mol. The zero-order valence-electron chi connectivity index (χ0n) is 9.68. The summed E-state index contributed by atoms with van der Waals surface area (Å²) in [5.74, 6) is 0. The van der Waals surface area contributed by atoms with Crippen LogP contribution < -0.4 is 0 Å². The van der Waals surface area contributed by atoms with Crippen LogP contribution >= 0.6 is 0 Å². The fraction of sp³-hybridized carbons (Fsp3) is 0.308. The van der Waals surface area contributed by atoms with Crippen LogP contribution in [0.5, 0.6) is 0 Å². The third-order valence-electron chi connectivity index (χ3n) is 2.71. The van der Waals surface area contributed by atoms with Crippen molar-refractivity contribution >= 4 is 11.8 Å². The summed E-state index contributed by atoms with van der Waals surface area (Å²) in [7, 11) is 0. The van der Waals surface area contributed by atoms with Crippen LogP contribution in [0.15, 0.2) is 28.4 Å². The second-order valence-electron chi connectivity index (χ2n) is 4.14. The van der Waals surface area contributed by atoms with E-state index in [0.29, 0.717) is 0 Å². The minimum atomic E-state index is 1.06. The first-order valence-corrected chi connectivity index (χ1v) is 5.18. The Morgan fingerprint density at radius 2 is 1.93 bits per heavy atom. The van der Waals surface area contributed by atoms with Gasteiger partial charge in [0.25, 0.3) is 0 Å². The third kappa shape index (κ3) is 1.94. The largest absolute Gasteiger partial charge is 0.359 e. The van der Waals surface area contributed by atoms with E-state index in [-0.39, 0.29) is 0 Å². The van der Waals surface area contributed by atoms with Gasteiger partial charge in [0.15, 0.2) is 0 Å². The maximum absolute atomic E-state index is 4.47. The summed E-state index contributed by atoms with van der Waals surface area (Å²) in [5, 5.41) is 0. The fourth-order valence-corrected chi connectivity index (χ4v) is 1.76. The molecule has 2 nitrogen and oxygen atoms in total. The average Bonchev–Trinajstić information content (AvgIpc) is 2.59. The zero-order chi connectivity index (χ0) is 11.0. The maximum atomic E-state index is 4.47. The first-order valence-electron chi connectivity index (χ1n) is 5.18. The van der Waals surface area contributed by atoms with Crippen LogP contribution in [0.4, 0.5) is 0 Å². The first kappa shape index (κ1) is 9.97. The molecule has 0 atom stereocenters. The molecule has 0 aromatic carbocycles. The summed E-state index contributed by atoms with van der Waals surface area (Å²) in [5.41, 5.74) is 7.03. The smallest absolute Gasteiger partial charge is 0.0683 e. The Balaban J connectivity index is 2.36. The summed E-state index contributed by atoms with van der Waals surface area (Å²) < 4.78 is 0. The molecule has 0 saturated heterocycles. The molecule has 0 saturated carbocycles. The molecular formula is C13H16N2. The van der Waals surface area contributed by atoms with Crippen LogP contribution in [-0.4, -0.2) is 10.7 Å². The number of hydrogen-bond acceptors (Lipinski definition) is 1. The molecule has 2 rings (SSSR count). The van der Waals surface area contributed by atoms with Crippen molar-refractivity contribution in [3.05, 3.63) is 40.4 Å². The Bertz CT molecular complexity index is 465. The number of aliphatic imine (C=N–C) groups is 1. The molecule has 1 aromatic heterocycles. The number of nitrogens with zero attached hydrogens (tertiary/aromatic N) is 1. The van der Waals surface area contributed by atoms with Gasteiger partial charge in [-0.15, -0.1) is 0 Å². The van der Waals surface area contributed by atoms with Crippen molar-refractivity contribution in [3.63, 3.8) is 0 Å². The van der Waals surface area contributed by atoms with Crippen molar-refractivity contribution in [3.8, 4) is 0 Å². The Morgan fingerprint density at radius 3 is 2.40 bits per heavy atom. The van der Waals surface area contributed by atoms with Crippen LogP contribution in [0.25, 0.3) is 6.08 Å². The van der Waals surface area contributed by atoms with Gasteiger partial charge in [-0.1, -0.05) is 0 Å². The molecule has 0 bridgehead atoms. The summed E-state index contributed by atoms with van der Waals surface area (Å²) in [4.78, 5) is 7.80. The molecule has 1 aliphatic rings. The molecule has 15 heavy (non-hydrogen) atoms. The number of H-pyrrole nitrogens is 1. The molecule has 0 fully saturated rings. The number of hydrogen-bond donors (Lipinski definition) is 1. The van der Waals surface area contributed by atoms with Gasteiger partial charge >= 0.3 is 0 Å². The number of nitrogens with one attached hydrogen (secondary N) is 1. The number of aromatic amines is 1. The van der Waals surface area contributed by atoms with Gasteiger partial charge in [0.1, 0.15) is 0 Å². The van der Waals surface area contributed by atoms with E-state index >= 15 is 0 Å². The summed E-state index contributed by atoms with van der Waals surface area (Å²) in [6.07, 6.45) is 4.21. The molecule has 1 aromatic rings. The van der Waals surface area contributed by atoms with E-state index < -0.39 is 0 Å². The van der Waals surface area contributed by atoms with E-state index in [9.17, 15) is 0 Å². The van der Waals surface area contributed by atoms with Crippen LogP contribution in [0, 0.1) is 13.8 Å². The monoisotopic (exact) mass is 200 g/mol. The van der Waals surface area contributed by atoms with Crippen LogP contribution in [0.3, 0.4) is 0 Å². The van der Waals surface area contributed by atoms with Crippen molar-refractivity contribution in [2.75, 3.05) is 0 Å². The second-order valence-corrected chi connectivity index (χ2v) is 4.14. The highest BCUT2D eigenvalue weighted by Gasteiger charge is 2.07. The molecule has 0 spiro atoms. The predicted molar refractivity (Wildman–Crippen MR) is 65.1 cm³/mol. The highest BCUT2D eigenvalue weighted by molar-refractivity contribution is 5.98. The van der Waals surface area contributed by atoms with Crippen molar-refractivity contribution in [1.29, 1.82) is 0 Å². The topological polar surface area (TPSA) is 28.1 Å². The minimum Gasteiger partial charge on any atom is -0.359 e. The maximum Gasteiger partial charge on any atom is 0.0683 e. The van der Waals surface area contributed by atoms with Crippen LogP contribution in [-0.2, 0) is 0 Å². The molecule has 0 aliphatic carbocycles. The van der Waals surface area contributed by atoms with Crippen molar-refractivity contribution in [2.45, 2.75) is 27.7 Å². The van der Waals surface area contributed by atoms with Crippen molar-refractivity contribution < 1.29 is 0 Å². The van der Waals surface area contributed by atoms with E-state index in [4.69, 9.17) is 0 Å². The van der Waals surface area contributed by atoms with Gasteiger partial charge in [-0.05, 0) is 57.0 Å². The van der Waals surface area contributed by atoms with Gasteiger partial charge in [-0.3, -0.25) is 4.99 Å². The lowest BCUT2D eigenvalue weighted by Gasteiger charge is -1.94. The van der Waals surface area contributed by atoms with Crippen LogP contribution in [0.2, 0.25) is 0 Å². The molecule has 1 N–H and O–H groups in total. The molecule has 78 valence electrons. The normalized spacial score (nSPS) is 18.3. The Hall–Kier alpha value is -1.57. The summed E-state index contributed by atoms with van der Waals surface area (Å²) in [6.45, 7) is 8.31. The van der Waals surface area contributed by atoms with Crippen LogP contribution in [0.1, 0.15) is 30.8 Å². The van der Waals surface area contributed by atoms with Crippen molar-refractivity contribution in [2.24, 2.45) is 4.99 Å².